The van der Waals surface area contributed by atoms with E-state index in [2.05, 4.69) is 17.2 Å². The first kappa shape index (κ1) is 21.3. The Morgan fingerprint density at radius 2 is 2.00 bits per heavy atom. The van der Waals surface area contributed by atoms with Crippen molar-refractivity contribution in [2.45, 2.75) is 58.4 Å². The lowest BCUT2D eigenvalue weighted by atomic mass is 9.82. The van der Waals surface area contributed by atoms with E-state index in [0.717, 1.165) is 25.3 Å². The number of nitrogens with two attached hydrogens (primary N) is 1. The summed E-state index contributed by atoms with van der Waals surface area (Å²) in [6, 6.07) is 0.301. The zero-order valence-electron chi connectivity index (χ0n) is 15.0. The van der Waals surface area contributed by atoms with E-state index in [9.17, 15) is 4.79 Å². The fourth-order valence-corrected chi connectivity index (χ4v) is 3.63. The molecule has 2 fully saturated rings. The average molecular weight is 452 g/mol. The van der Waals surface area contributed by atoms with Crippen molar-refractivity contribution in [3.05, 3.63) is 0 Å². The van der Waals surface area contributed by atoms with Crippen LogP contribution in [-0.4, -0.2) is 49.2 Å². The van der Waals surface area contributed by atoms with Crippen LogP contribution >= 0.6 is 24.0 Å². The lowest BCUT2D eigenvalue weighted by Gasteiger charge is -2.32. The minimum Gasteiger partial charge on any atom is -0.450 e. The number of aliphatic imine (C=N–C) groups is 1. The number of hydrogen-bond acceptors (Lipinski definition) is 3. The maximum absolute atomic E-state index is 11.7. The number of nitrogens with one attached hydrogen (secondary N) is 1. The molecule has 1 saturated carbocycles. The van der Waals surface area contributed by atoms with E-state index in [1.54, 1.807) is 4.90 Å². The first-order valence-corrected chi connectivity index (χ1v) is 9.06. The first-order valence-electron chi connectivity index (χ1n) is 9.06. The van der Waals surface area contributed by atoms with Crippen LogP contribution in [0.15, 0.2) is 4.99 Å². The van der Waals surface area contributed by atoms with Crippen LogP contribution in [-0.2, 0) is 4.74 Å². The van der Waals surface area contributed by atoms with Gasteiger partial charge in [0.1, 0.15) is 0 Å². The van der Waals surface area contributed by atoms with Gasteiger partial charge in [-0.05, 0) is 44.4 Å². The van der Waals surface area contributed by atoms with Gasteiger partial charge in [-0.1, -0.05) is 19.8 Å². The Morgan fingerprint density at radius 1 is 1.29 bits per heavy atom. The van der Waals surface area contributed by atoms with E-state index in [0.29, 0.717) is 37.6 Å². The second-order valence-corrected chi connectivity index (χ2v) is 6.97. The minimum atomic E-state index is -0.209. The fraction of sp³-hybridized carbons (Fsp3) is 0.882. The first-order chi connectivity index (χ1) is 11.1. The summed E-state index contributed by atoms with van der Waals surface area (Å²) in [5, 5.41) is 3.31. The Kier molecular flexibility index (Phi) is 9.76. The second-order valence-electron chi connectivity index (χ2n) is 6.97. The molecule has 2 rings (SSSR count). The Bertz CT molecular complexity index is 411. The Labute approximate surface area is 163 Å². The summed E-state index contributed by atoms with van der Waals surface area (Å²) >= 11 is 0. The Balaban J connectivity index is 0.00000288. The van der Waals surface area contributed by atoms with Gasteiger partial charge in [-0.15, -0.1) is 24.0 Å². The molecule has 0 aromatic heterocycles. The SMILES string of the molecule is CCOC(=O)N1CCC(NC(N)=NCC2CCCC(C)C2)CC1.I. The summed E-state index contributed by atoms with van der Waals surface area (Å²) in [6.07, 6.45) is 6.78. The van der Waals surface area contributed by atoms with Gasteiger partial charge in [0.15, 0.2) is 5.96 Å². The molecule has 7 heteroatoms. The van der Waals surface area contributed by atoms with E-state index in [-0.39, 0.29) is 30.1 Å². The molecular weight excluding hydrogens is 419 g/mol. The highest BCUT2D eigenvalue weighted by atomic mass is 127. The topological polar surface area (TPSA) is 80.0 Å². The summed E-state index contributed by atoms with van der Waals surface area (Å²) in [5.74, 6) is 2.06. The van der Waals surface area contributed by atoms with Gasteiger partial charge in [-0.25, -0.2) is 4.79 Å². The third-order valence-corrected chi connectivity index (χ3v) is 4.94. The summed E-state index contributed by atoms with van der Waals surface area (Å²) in [7, 11) is 0. The van der Waals surface area contributed by atoms with Crippen LogP contribution in [0.2, 0.25) is 0 Å². The molecule has 3 N–H and O–H groups in total. The number of carbonyl (C=O) groups excluding carboxylic acids is 1. The molecule has 2 atom stereocenters. The van der Waals surface area contributed by atoms with Gasteiger partial charge in [0.25, 0.3) is 0 Å². The van der Waals surface area contributed by atoms with E-state index in [1.165, 1.54) is 25.7 Å². The predicted octanol–water partition coefficient (Wildman–Crippen LogP) is 2.96. The highest BCUT2D eigenvalue weighted by Crippen LogP contribution is 2.28. The van der Waals surface area contributed by atoms with Crippen LogP contribution in [0.25, 0.3) is 0 Å². The van der Waals surface area contributed by atoms with Gasteiger partial charge in [0.05, 0.1) is 6.61 Å². The third kappa shape index (κ3) is 7.03. The minimum absolute atomic E-state index is 0. The molecule has 1 saturated heterocycles. The standard InChI is InChI=1S/C17H32N4O2.HI/c1-3-23-17(22)21-9-7-15(8-10-21)20-16(18)19-12-14-6-4-5-13(2)11-14;/h13-15H,3-12H2,1-2H3,(H3,18,19,20);1H. The summed E-state index contributed by atoms with van der Waals surface area (Å²) < 4.78 is 5.03. The largest absolute Gasteiger partial charge is 0.450 e. The van der Waals surface area contributed by atoms with Crippen molar-refractivity contribution < 1.29 is 9.53 Å². The number of hydrogen-bond donors (Lipinski definition) is 2. The van der Waals surface area contributed by atoms with Gasteiger partial charge in [-0.2, -0.15) is 0 Å². The Hall–Kier alpha value is -0.730. The second kappa shape index (κ2) is 11.0. The summed E-state index contributed by atoms with van der Waals surface area (Å²) in [6.45, 7) is 6.85. The van der Waals surface area contributed by atoms with Crippen LogP contribution in [0.1, 0.15) is 52.4 Å². The normalized spacial score (nSPS) is 25.8. The number of carbonyl (C=O) groups is 1. The van der Waals surface area contributed by atoms with Gasteiger partial charge in [-0.3, -0.25) is 4.99 Å². The molecule has 2 unspecified atom stereocenters. The van der Waals surface area contributed by atoms with Crippen LogP contribution in [0, 0.1) is 11.8 Å². The number of halogens is 1. The smallest absolute Gasteiger partial charge is 0.409 e. The van der Waals surface area contributed by atoms with E-state index in [1.807, 2.05) is 6.92 Å². The molecule has 2 aliphatic rings. The third-order valence-electron chi connectivity index (χ3n) is 4.94. The van der Waals surface area contributed by atoms with Gasteiger partial charge >= 0.3 is 6.09 Å². The number of amides is 1. The molecule has 6 nitrogen and oxygen atoms in total. The molecule has 24 heavy (non-hydrogen) atoms. The van der Waals surface area contributed by atoms with Crippen LogP contribution < -0.4 is 11.1 Å². The van der Waals surface area contributed by atoms with Crippen molar-refractivity contribution in [2.75, 3.05) is 26.2 Å². The molecule has 1 aliphatic heterocycles. The number of rotatable bonds is 4. The van der Waals surface area contributed by atoms with Gasteiger partial charge in [0, 0.05) is 25.7 Å². The van der Waals surface area contributed by atoms with Crippen LogP contribution in [0.3, 0.4) is 0 Å². The molecule has 140 valence electrons. The van der Waals surface area contributed by atoms with E-state index >= 15 is 0 Å². The molecule has 1 heterocycles. The number of nitrogens with zero attached hydrogens (tertiary/aromatic N) is 2. The van der Waals surface area contributed by atoms with Crippen molar-refractivity contribution in [3.8, 4) is 0 Å². The number of ether oxygens (including phenoxy) is 1. The van der Waals surface area contributed by atoms with Gasteiger partial charge < -0.3 is 20.7 Å². The fourth-order valence-electron chi connectivity index (χ4n) is 3.63. The quantitative estimate of drug-likeness (QED) is 0.391. The number of guanidine groups is 1. The molecule has 0 bridgehead atoms. The number of piperidine rings is 1. The molecule has 0 aromatic rings. The monoisotopic (exact) mass is 452 g/mol. The molecular formula is C17H33IN4O2. The van der Waals surface area contributed by atoms with Crippen LogP contribution in [0.4, 0.5) is 4.79 Å². The molecule has 1 amide bonds. The van der Waals surface area contributed by atoms with Crippen molar-refractivity contribution >= 4 is 36.0 Å². The van der Waals surface area contributed by atoms with E-state index < -0.39 is 0 Å². The van der Waals surface area contributed by atoms with Crippen molar-refractivity contribution in [3.63, 3.8) is 0 Å². The summed E-state index contributed by atoms with van der Waals surface area (Å²) in [5.41, 5.74) is 6.03. The highest BCUT2D eigenvalue weighted by Gasteiger charge is 2.24. The zero-order chi connectivity index (χ0) is 16.7. The lowest BCUT2D eigenvalue weighted by Crippen LogP contribution is -2.48. The summed E-state index contributed by atoms with van der Waals surface area (Å²) in [4.78, 5) is 18.0. The maximum Gasteiger partial charge on any atom is 0.409 e. The molecule has 0 radical (unpaired) electrons. The van der Waals surface area contributed by atoms with Crippen molar-refractivity contribution in [1.82, 2.24) is 10.2 Å². The van der Waals surface area contributed by atoms with E-state index in [4.69, 9.17) is 10.5 Å². The zero-order valence-corrected chi connectivity index (χ0v) is 17.3. The maximum atomic E-state index is 11.7. The molecule has 0 aromatic carbocycles. The lowest BCUT2D eigenvalue weighted by molar-refractivity contribution is 0.0963. The highest BCUT2D eigenvalue weighted by molar-refractivity contribution is 14.0. The predicted molar refractivity (Wildman–Crippen MR) is 108 cm³/mol. The Morgan fingerprint density at radius 3 is 2.62 bits per heavy atom. The van der Waals surface area contributed by atoms with Crippen molar-refractivity contribution in [2.24, 2.45) is 22.6 Å². The van der Waals surface area contributed by atoms with Crippen molar-refractivity contribution in [1.29, 1.82) is 0 Å². The van der Waals surface area contributed by atoms with Crippen LogP contribution in [0.5, 0.6) is 0 Å². The average Bonchev–Trinajstić information content (AvgIpc) is 2.54. The molecule has 1 aliphatic carbocycles. The number of likely N-dealkylation sites (tertiary alicyclic amines) is 1. The molecule has 0 spiro atoms. The van der Waals surface area contributed by atoms with Gasteiger partial charge in [0.2, 0.25) is 0 Å².